The van der Waals surface area contributed by atoms with E-state index in [0.717, 1.165) is 51.4 Å². The van der Waals surface area contributed by atoms with Gasteiger partial charge in [-0.1, -0.05) is 123 Å². The van der Waals surface area contributed by atoms with E-state index in [-0.39, 0.29) is 42.6 Å². The monoisotopic (exact) mass is 470 g/mol. The molecule has 7 heteroatoms. The van der Waals surface area contributed by atoms with E-state index in [4.69, 9.17) is 4.74 Å². The first-order chi connectivity index (χ1) is 14.4. The van der Waals surface area contributed by atoms with Crippen molar-refractivity contribution in [2.75, 3.05) is 6.61 Å². The van der Waals surface area contributed by atoms with Crippen molar-refractivity contribution in [2.45, 2.75) is 141 Å². The van der Waals surface area contributed by atoms with Crippen LogP contribution in [0.1, 0.15) is 136 Å². The van der Waals surface area contributed by atoms with Gasteiger partial charge >= 0.3 is 35.5 Å². The second kappa shape index (κ2) is 23.5. The van der Waals surface area contributed by atoms with Crippen molar-refractivity contribution in [3.05, 3.63) is 0 Å². The number of unbranched alkanes of at least 4 members (excludes halogenated alkanes) is 16. The van der Waals surface area contributed by atoms with E-state index < -0.39 is 21.3 Å². The van der Waals surface area contributed by atoms with Gasteiger partial charge in [0, 0.05) is 0 Å². The quantitative estimate of drug-likeness (QED) is 0.104. The molecule has 0 aliphatic heterocycles. The van der Waals surface area contributed by atoms with Crippen molar-refractivity contribution >= 4 is 16.1 Å². The molecule has 180 valence electrons. The van der Waals surface area contributed by atoms with Gasteiger partial charge in [-0.05, 0) is 12.8 Å². The third kappa shape index (κ3) is 22.0. The number of carbonyl (C=O) groups excluding carboxylic acids is 1. The Bertz CT molecular complexity index is 496. The fourth-order valence-electron chi connectivity index (χ4n) is 3.70. The molecule has 0 bridgehead atoms. The zero-order chi connectivity index (χ0) is 22.5. The average Bonchev–Trinajstić information content (AvgIpc) is 2.69. The van der Waals surface area contributed by atoms with Crippen molar-refractivity contribution in [1.29, 1.82) is 0 Å². The van der Waals surface area contributed by atoms with Crippen LogP contribution in [0.5, 0.6) is 0 Å². The topological polar surface area (TPSA) is 83.5 Å². The van der Waals surface area contributed by atoms with Gasteiger partial charge in [-0.3, -0.25) is 4.79 Å². The van der Waals surface area contributed by atoms with Crippen LogP contribution >= 0.6 is 0 Å². The third-order valence-electron chi connectivity index (χ3n) is 5.67. The Morgan fingerprint density at radius 1 is 0.677 bits per heavy atom. The molecule has 0 rings (SSSR count). The summed E-state index contributed by atoms with van der Waals surface area (Å²) in [6, 6.07) is 0. The Morgan fingerprint density at radius 2 is 1.03 bits per heavy atom. The molecule has 0 radical (unpaired) electrons. The van der Waals surface area contributed by atoms with Crippen molar-refractivity contribution in [1.82, 2.24) is 0 Å². The summed E-state index contributed by atoms with van der Waals surface area (Å²) in [5, 5.41) is -1.54. The summed E-state index contributed by atoms with van der Waals surface area (Å²) >= 11 is 0. The van der Waals surface area contributed by atoms with Crippen molar-refractivity contribution < 1.29 is 52.1 Å². The molecule has 0 amide bonds. The number of esters is 1. The molecular formula is C24H47NaO5S. The molecule has 0 spiro atoms. The predicted octanol–water partition coefficient (Wildman–Crippen LogP) is 3.90. The summed E-state index contributed by atoms with van der Waals surface area (Å²) in [5.74, 6) is -0.860. The van der Waals surface area contributed by atoms with Crippen LogP contribution < -0.4 is 29.6 Å². The van der Waals surface area contributed by atoms with Crippen LogP contribution in [0.2, 0.25) is 0 Å². The smallest absolute Gasteiger partial charge is 0.747 e. The zero-order valence-corrected chi connectivity index (χ0v) is 23.5. The molecule has 5 nitrogen and oxygen atoms in total. The number of hydrogen-bond acceptors (Lipinski definition) is 5. The first-order valence-corrected chi connectivity index (χ1v) is 14.0. The summed E-state index contributed by atoms with van der Waals surface area (Å²) < 4.78 is 39.3. The van der Waals surface area contributed by atoms with Gasteiger partial charge in [-0.25, -0.2) is 8.42 Å². The minimum absolute atomic E-state index is 0. The first kappa shape index (κ1) is 33.6. The molecule has 1 unspecified atom stereocenters. The van der Waals surface area contributed by atoms with Crippen LogP contribution in [0.15, 0.2) is 0 Å². The Morgan fingerprint density at radius 3 is 1.42 bits per heavy atom. The first-order valence-electron chi connectivity index (χ1n) is 12.5. The zero-order valence-electron chi connectivity index (χ0n) is 20.7. The minimum Gasteiger partial charge on any atom is -0.747 e. The van der Waals surface area contributed by atoms with Crippen molar-refractivity contribution in [2.24, 2.45) is 0 Å². The molecule has 0 aromatic rings. The third-order valence-corrected chi connectivity index (χ3v) is 6.80. The summed E-state index contributed by atoms with van der Waals surface area (Å²) in [5.41, 5.74) is 0. The Labute approximate surface area is 214 Å². The molecule has 0 saturated carbocycles. The van der Waals surface area contributed by atoms with E-state index >= 15 is 0 Å². The molecule has 0 aliphatic carbocycles. The van der Waals surface area contributed by atoms with Crippen LogP contribution in [-0.2, 0) is 19.6 Å². The molecule has 0 fully saturated rings. The molecule has 0 N–H and O–H groups in total. The van der Waals surface area contributed by atoms with Gasteiger partial charge in [0.05, 0.1) is 6.61 Å². The second-order valence-corrected chi connectivity index (χ2v) is 10.1. The maximum Gasteiger partial charge on any atom is 1.00 e. The molecule has 1 atom stereocenters. The summed E-state index contributed by atoms with van der Waals surface area (Å²) in [6.07, 6.45) is 20.5. The molecule has 0 aliphatic rings. The fraction of sp³-hybridized carbons (Fsp3) is 0.958. The number of hydrogen-bond donors (Lipinski definition) is 0. The van der Waals surface area contributed by atoms with Gasteiger partial charge in [0.15, 0.2) is 0 Å². The van der Waals surface area contributed by atoms with E-state index in [1.165, 1.54) is 57.8 Å². The van der Waals surface area contributed by atoms with E-state index in [1.54, 1.807) is 0 Å². The Hall–Kier alpha value is 0.380. The Kier molecular flexibility index (Phi) is 25.5. The largest absolute Gasteiger partial charge is 1.00 e. The maximum atomic E-state index is 12.1. The number of rotatable bonds is 22. The second-order valence-electron chi connectivity index (χ2n) is 8.59. The minimum atomic E-state index is -4.65. The molecule has 31 heavy (non-hydrogen) atoms. The van der Waals surface area contributed by atoms with Gasteiger partial charge in [0.2, 0.25) is 0 Å². The van der Waals surface area contributed by atoms with Crippen LogP contribution in [0.3, 0.4) is 0 Å². The summed E-state index contributed by atoms with van der Waals surface area (Å²) in [4.78, 5) is 12.1. The molecule has 0 aromatic carbocycles. The maximum absolute atomic E-state index is 12.1. The molecule has 0 aromatic heterocycles. The van der Waals surface area contributed by atoms with Gasteiger partial charge in [-0.15, -0.1) is 0 Å². The Balaban J connectivity index is 0. The van der Waals surface area contributed by atoms with E-state index in [9.17, 15) is 17.8 Å². The number of ether oxygens (including phenoxy) is 1. The van der Waals surface area contributed by atoms with E-state index in [0.29, 0.717) is 6.42 Å². The molecule has 0 heterocycles. The summed E-state index contributed by atoms with van der Waals surface area (Å²) in [7, 11) is -4.65. The molecule has 0 saturated heterocycles. The van der Waals surface area contributed by atoms with E-state index in [1.807, 2.05) is 0 Å². The van der Waals surface area contributed by atoms with Crippen LogP contribution in [0.25, 0.3) is 0 Å². The van der Waals surface area contributed by atoms with Crippen LogP contribution in [-0.4, -0.2) is 30.8 Å². The van der Waals surface area contributed by atoms with Gasteiger partial charge in [0.1, 0.15) is 15.4 Å². The van der Waals surface area contributed by atoms with Crippen LogP contribution in [0, 0.1) is 0 Å². The predicted molar refractivity (Wildman–Crippen MR) is 124 cm³/mol. The van der Waals surface area contributed by atoms with Crippen molar-refractivity contribution in [3.8, 4) is 0 Å². The van der Waals surface area contributed by atoms with E-state index in [2.05, 4.69) is 13.8 Å². The normalized spacial score (nSPS) is 12.4. The standard InChI is InChI=1S/C24H48O5S.Na/c1-3-5-7-9-11-12-13-14-15-16-18-20-22-29-24(25)23(30(26,27)28)21-19-17-10-8-6-4-2;/h23H,3-22H2,1-2H3,(H,26,27,28);/q;+1/p-1. The van der Waals surface area contributed by atoms with Gasteiger partial charge in [0.25, 0.3) is 0 Å². The molecular weight excluding hydrogens is 423 g/mol. The SMILES string of the molecule is CCCCCCCCCCCCCCOC(=O)C(CCCCCCCC)S(=O)(=O)[O-].[Na+]. The van der Waals surface area contributed by atoms with Crippen molar-refractivity contribution in [3.63, 3.8) is 0 Å². The fourth-order valence-corrected chi connectivity index (χ4v) is 4.46. The number of carbonyl (C=O) groups is 1. The van der Waals surface area contributed by atoms with Gasteiger partial charge in [-0.2, -0.15) is 0 Å². The summed E-state index contributed by atoms with van der Waals surface area (Å²) in [6.45, 7) is 4.58. The van der Waals surface area contributed by atoms with Crippen LogP contribution in [0.4, 0.5) is 0 Å². The van der Waals surface area contributed by atoms with Gasteiger partial charge < -0.3 is 9.29 Å². The average molecular weight is 471 g/mol.